The van der Waals surface area contributed by atoms with Crippen molar-refractivity contribution in [2.24, 2.45) is 5.16 Å². The van der Waals surface area contributed by atoms with E-state index in [1.807, 2.05) is 12.1 Å². The Hall–Kier alpha value is -2.57. The Labute approximate surface area is 133 Å². The van der Waals surface area contributed by atoms with Gasteiger partial charge in [0.15, 0.2) is 0 Å². The summed E-state index contributed by atoms with van der Waals surface area (Å²) in [6.45, 7) is 0.0972. The molecule has 7 heteroatoms. The number of nitrogens with zero attached hydrogens (tertiary/aromatic N) is 4. The number of nitriles is 2. The van der Waals surface area contributed by atoms with Crippen LogP contribution in [-0.4, -0.2) is 25.2 Å². The molecule has 5 nitrogen and oxygen atoms in total. The molecule has 0 fully saturated rings. The molecule has 0 atom stereocenters. The van der Waals surface area contributed by atoms with Gasteiger partial charge in [0.05, 0.1) is 5.02 Å². The van der Waals surface area contributed by atoms with Crippen molar-refractivity contribution in [3.63, 3.8) is 0 Å². The fraction of sp³-hybridized carbons (Fsp3) is 0.267. The molecule has 1 aromatic rings. The average molecular weight is 321 g/mol. The highest BCUT2D eigenvalue weighted by Crippen LogP contribution is 2.18. The van der Waals surface area contributed by atoms with Gasteiger partial charge in [0, 0.05) is 38.0 Å². The zero-order chi connectivity index (χ0) is 16.5. The number of rotatable bonds is 6. The van der Waals surface area contributed by atoms with E-state index in [1.165, 1.54) is 24.4 Å². The van der Waals surface area contributed by atoms with E-state index >= 15 is 0 Å². The Morgan fingerprint density at radius 2 is 2.09 bits per heavy atom. The predicted octanol–water partition coefficient (Wildman–Crippen LogP) is 3.23. The molecule has 1 aromatic carbocycles. The van der Waals surface area contributed by atoms with E-state index in [9.17, 15) is 4.39 Å². The van der Waals surface area contributed by atoms with E-state index in [4.69, 9.17) is 27.0 Å². The molecule has 0 heterocycles. The lowest BCUT2D eigenvalue weighted by Gasteiger charge is -2.14. The number of allylic oxidation sites excluding steroid dienone is 2. The van der Waals surface area contributed by atoms with Crippen molar-refractivity contribution >= 4 is 17.8 Å². The van der Waals surface area contributed by atoms with Crippen molar-refractivity contribution in [3.8, 4) is 12.1 Å². The van der Waals surface area contributed by atoms with E-state index in [0.717, 1.165) is 0 Å². The van der Waals surface area contributed by atoms with Gasteiger partial charge in [-0.3, -0.25) is 0 Å². The number of hydrogen-bond acceptors (Lipinski definition) is 5. The van der Waals surface area contributed by atoms with Gasteiger partial charge in [-0.05, 0) is 12.1 Å². The first-order chi connectivity index (χ1) is 10.5. The van der Waals surface area contributed by atoms with Crippen molar-refractivity contribution in [2.75, 3.05) is 14.1 Å². The topological polar surface area (TPSA) is 72.4 Å². The predicted molar refractivity (Wildman–Crippen MR) is 81.2 cm³/mol. The molecule has 0 amide bonds. The van der Waals surface area contributed by atoms with Gasteiger partial charge in [-0.25, -0.2) is 4.39 Å². The molecule has 0 aliphatic carbocycles. The summed E-state index contributed by atoms with van der Waals surface area (Å²) in [5.41, 5.74) is 1.17. The third-order valence-corrected chi connectivity index (χ3v) is 3.07. The van der Waals surface area contributed by atoms with Crippen molar-refractivity contribution < 1.29 is 9.23 Å². The molecule has 0 N–H and O–H groups in total. The second-order valence-electron chi connectivity index (χ2n) is 4.44. The normalized spacial score (nSPS) is 9.91. The highest BCUT2D eigenvalue weighted by molar-refractivity contribution is 6.31. The maximum absolute atomic E-state index is 12.9. The van der Waals surface area contributed by atoms with Crippen LogP contribution >= 0.6 is 11.6 Å². The first kappa shape index (κ1) is 17.5. The number of benzene rings is 1. The number of halogens is 2. The average Bonchev–Trinajstić information content (AvgIpc) is 2.47. The fourth-order valence-electron chi connectivity index (χ4n) is 1.58. The molecule has 0 saturated heterocycles. The van der Waals surface area contributed by atoms with Gasteiger partial charge in [0.2, 0.25) is 0 Å². The Bertz CT molecular complexity index is 655. The zero-order valence-electron chi connectivity index (χ0n) is 12.2. The third-order valence-electron chi connectivity index (χ3n) is 2.72. The molecule has 114 valence electrons. The number of oxime groups is 1. The SMILES string of the molecule is CN(C)C(C/C=N/OCc1ccc(F)cc1Cl)=C(C#N)C#N. The van der Waals surface area contributed by atoms with Crippen LogP contribution in [0, 0.1) is 28.5 Å². The molecule has 0 radical (unpaired) electrons. The standard InChI is InChI=1S/C15H14ClFN4O/c1-21(2)15(12(8-18)9-19)5-6-20-22-10-11-3-4-13(17)7-14(11)16/h3-4,6-7H,5,10H2,1-2H3/b20-6+. The molecule has 22 heavy (non-hydrogen) atoms. The molecule has 0 unspecified atom stereocenters. The quantitative estimate of drug-likeness (QED) is 0.458. The number of hydrogen-bond donors (Lipinski definition) is 0. The molecular formula is C15H14ClFN4O. The Kier molecular flexibility index (Phi) is 6.88. The summed E-state index contributed by atoms with van der Waals surface area (Å²) in [7, 11) is 3.47. The van der Waals surface area contributed by atoms with Gasteiger partial charge in [-0.2, -0.15) is 10.5 Å². The highest BCUT2D eigenvalue weighted by atomic mass is 35.5. The molecule has 0 aliphatic rings. The van der Waals surface area contributed by atoms with E-state index in [1.54, 1.807) is 19.0 Å². The van der Waals surface area contributed by atoms with Crippen LogP contribution in [0.15, 0.2) is 34.6 Å². The molecule has 0 saturated carbocycles. The van der Waals surface area contributed by atoms with Crippen LogP contribution in [0.1, 0.15) is 12.0 Å². The van der Waals surface area contributed by atoms with E-state index in [-0.39, 0.29) is 23.6 Å². The van der Waals surface area contributed by atoms with Crippen molar-refractivity contribution in [1.29, 1.82) is 10.5 Å². The monoisotopic (exact) mass is 320 g/mol. The lowest BCUT2D eigenvalue weighted by molar-refractivity contribution is 0.131. The van der Waals surface area contributed by atoms with E-state index in [0.29, 0.717) is 11.3 Å². The Morgan fingerprint density at radius 1 is 1.41 bits per heavy atom. The summed E-state index contributed by atoms with van der Waals surface area (Å²) in [5, 5.41) is 21.8. The molecule has 0 aromatic heterocycles. The minimum absolute atomic E-state index is 0.0260. The first-order valence-electron chi connectivity index (χ1n) is 6.28. The minimum Gasteiger partial charge on any atom is -0.391 e. The Balaban J connectivity index is 2.62. The summed E-state index contributed by atoms with van der Waals surface area (Å²) in [4.78, 5) is 6.74. The summed E-state index contributed by atoms with van der Waals surface area (Å²) in [6, 6.07) is 7.67. The second kappa shape index (κ2) is 8.66. The summed E-state index contributed by atoms with van der Waals surface area (Å²) in [6.07, 6.45) is 1.72. The molecule has 1 rings (SSSR count). The Morgan fingerprint density at radius 3 is 2.64 bits per heavy atom. The zero-order valence-corrected chi connectivity index (χ0v) is 12.9. The summed E-state index contributed by atoms with van der Waals surface area (Å²) < 4.78 is 12.9. The summed E-state index contributed by atoms with van der Waals surface area (Å²) >= 11 is 5.86. The minimum atomic E-state index is -0.418. The fourth-order valence-corrected chi connectivity index (χ4v) is 1.81. The maximum atomic E-state index is 12.9. The second-order valence-corrected chi connectivity index (χ2v) is 4.85. The van der Waals surface area contributed by atoms with Gasteiger partial charge >= 0.3 is 0 Å². The van der Waals surface area contributed by atoms with Gasteiger partial charge in [-0.15, -0.1) is 0 Å². The van der Waals surface area contributed by atoms with Gasteiger partial charge in [0.25, 0.3) is 0 Å². The van der Waals surface area contributed by atoms with Crippen LogP contribution in [0.5, 0.6) is 0 Å². The van der Waals surface area contributed by atoms with Crippen LogP contribution in [0.4, 0.5) is 4.39 Å². The molecule has 0 spiro atoms. The van der Waals surface area contributed by atoms with Crippen LogP contribution in [0.25, 0.3) is 0 Å². The summed E-state index contributed by atoms with van der Waals surface area (Å²) in [5.74, 6) is -0.418. The van der Waals surface area contributed by atoms with Crippen molar-refractivity contribution in [3.05, 3.63) is 45.9 Å². The maximum Gasteiger partial charge on any atom is 0.149 e. The molecular weight excluding hydrogens is 307 g/mol. The van der Waals surface area contributed by atoms with Crippen LogP contribution in [0.3, 0.4) is 0 Å². The van der Waals surface area contributed by atoms with Crippen LogP contribution in [0.2, 0.25) is 5.02 Å². The largest absolute Gasteiger partial charge is 0.391 e. The van der Waals surface area contributed by atoms with Gasteiger partial charge in [-0.1, -0.05) is 22.8 Å². The lowest BCUT2D eigenvalue weighted by atomic mass is 10.2. The van der Waals surface area contributed by atoms with E-state index in [2.05, 4.69) is 5.16 Å². The van der Waals surface area contributed by atoms with Gasteiger partial charge < -0.3 is 9.74 Å². The van der Waals surface area contributed by atoms with E-state index < -0.39 is 5.82 Å². The van der Waals surface area contributed by atoms with Crippen LogP contribution < -0.4 is 0 Å². The first-order valence-corrected chi connectivity index (χ1v) is 6.65. The third kappa shape index (κ3) is 5.08. The van der Waals surface area contributed by atoms with Crippen molar-refractivity contribution in [2.45, 2.75) is 13.0 Å². The molecule has 0 aliphatic heterocycles. The van der Waals surface area contributed by atoms with Crippen LogP contribution in [-0.2, 0) is 11.4 Å². The van der Waals surface area contributed by atoms with Gasteiger partial charge in [0.1, 0.15) is 30.1 Å². The smallest absolute Gasteiger partial charge is 0.149 e. The lowest BCUT2D eigenvalue weighted by Crippen LogP contribution is -2.13. The van der Waals surface area contributed by atoms with Crippen molar-refractivity contribution in [1.82, 2.24) is 4.90 Å². The highest BCUT2D eigenvalue weighted by Gasteiger charge is 2.07. The molecule has 0 bridgehead atoms.